The lowest BCUT2D eigenvalue weighted by Crippen LogP contribution is -2.02. The lowest BCUT2D eigenvalue weighted by Gasteiger charge is -2.13. The fourth-order valence-corrected chi connectivity index (χ4v) is 4.15. The molecule has 0 saturated carbocycles. The van der Waals surface area contributed by atoms with Gasteiger partial charge in [-0.05, 0) is 41.3 Å². The van der Waals surface area contributed by atoms with E-state index in [1.54, 1.807) is 0 Å². The maximum Gasteiger partial charge on any atom is 0.144 e. The van der Waals surface area contributed by atoms with Crippen LogP contribution in [0.4, 0.5) is 5.69 Å². The summed E-state index contributed by atoms with van der Waals surface area (Å²) in [6.07, 6.45) is 0. The van der Waals surface area contributed by atoms with E-state index in [0.29, 0.717) is 6.61 Å². The monoisotopic (exact) mass is 423 g/mol. The predicted octanol–water partition coefficient (Wildman–Crippen LogP) is 6.85. The van der Waals surface area contributed by atoms with Gasteiger partial charge >= 0.3 is 0 Å². The Balaban J connectivity index is 1.48. The molecule has 130 valence electrons. The maximum absolute atomic E-state index is 6.06. The van der Waals surface area contributed by atoms with E-state index >= 15 is 0 Å². The summed E-state index contributed by atoms with van der Waals surface area (Å²) in [6, 6.07) is 27.0. The van der Waals surface area contributed by atoms with Crippen molar-refractivity contribution in [2.75, 3.05) is 5.32 Å². The van der Waals surface area contributed by atoms with E-state index in [4.69, 9.17) is 4.74 Å². The van der Waals surface area contributed by atoms with Gasteiger partial charge in [-0.3, -0.25) is 0 Å². The molecule has 0 bridgehead atoms. The summed E-state index contributed by atoms with van der Waals surface area (Å²) in [5.74, 6) is 0.851. The second-order valence-electron chi connectivity index (χ2n) is 6.02. The van der Waals surface area contributed by atoms with Crippen LogP contribution in [0, 0.1) is 0 Å². The topological polar surface area (TPSA) is 21.3 Å². The Morgan fingerprint density at radius 1 is 0.885 bits per heavy atom. The summed E-state index contributed by atoms with van der Waals surface area (Å²) < 4.78 is 8.39. The van der Waals surface area contributed by atoms with Gasteiger partial charge in [-0.25, -0.2) is 0 Å². The molecule has 3 aromatic carbocycles. The molecule has 4 heteroatoms. The van der Waals surface area contributed by atoms with Crippen molar-refractivity contribution in [2.45, 2.75) is 13.2 Å². The molecule has 0 unspecified atom stereocenters. The maximum atomic E-state index is 6.06. The Morgan fingerprint density at radius 3 is 2.54 bits per heavy atom. The van der Waals surface area contributed by atoms with Gasteiger partial charge in [0.25, 0.3) is 0 Å². The summed E-state index contributed by atoms with van der Waals surface area (Å²) in [5, 5.41) is 4.82. The zero-order valence-corrected chi connectivity index (χ0v) is 16.5. The zero-order valence-electron chi connectivity index (χ0n) is 14.1. The molecule has 1 heterocycles. The first-order chi connectivity index (χ1) is 12.8. The normalized spacial score (nSPS) is 10.8. The first-order valence-corrected chi connectivity index (χ1v) is 10.1. The molecule has 0 radical (unpaired) electrons. The number of halogens is 1. The highest BCUT2D eigenvalue weighted by Gasteiger charge is 2.07. The van der Waals surface area contributed by atoms with Crippen LogP contribution in [-0.2, 0) is 13.2 Å². The molecule has 0 spiro atoms. The highest BCUT2D eigenvalue weighted by atomic mass is 79.9. The zero-order chi connectivity index (χ0) is 17.8. The smallest absolute Gasteiger partial charge is 0.144 e. The fourth-order valence-electron chi connectivity index (χ4n) is 2.80. The first-order valence-electron chi connectivity index (χ1n) is 8.45. The third-order valence-electron chi connectivity index (χ3n) is 4.11. The minimum Gasteiger partial charge on any atom is -0.487 e. The van der Waals surface area contributed by atoms with Crippen LogP contribution in [0.3, 0.4) is 0 Å². The van der Waals surface area contributed by atoms with E-state index in [1.165, 1.54) is 15.0 Å². The average Bonchev–Trinajstić information content (AvgIpc) is 3.09. The van der Waals surface area contributed by atoms with Crippen molar-refractivity contribution in [1.29, 1.82) is 0 Å². The van der Waals surface area contributed by atoms with Gasteiger partial charge in [0.1, 0.15) is 12.4 Å². The third kappa shape index (κ3) is 4.09. The number of rotatable bonds is 6. The molecule has 2 nitrogen and oxygen atoms in total. The van der Waals surface area contributed by atoms with Crippen molar-refractivity contribution < 1.29 is 4.74 Å². The molecule has 4 aromatic rings. The average molecular weight is 424 g/mol. The Hall–Kier alpha value is -2.30. The molecular formula is C22H18BrNOS. The number of anilines is 1. The van der Waals surface area contributed by atoms with Crippen molar-refractivity contribution in [3.05, 3.63) is 93.8 Å². The lowest BCUT2D eigenvalue weighted by atomic mass is 10.2. The van der Waals surface area contributed by atoms with Crippen molar-refractivity contribution in [2.24, 2.45) is 0 Å². The van der Waals surface area contributed by atoms with Crippen molar-refractivity contribution >= 4 is 43.0 Å². The number of nitrogens with one attached hydrogen (secondary N) is 1. The molecule has 4 rings (SSSR count). The van der Waals surface area contributed by atoms with E-state index in [1.807, 2.05) is 41.7 Å². The van der Waals surface area contributed by atoms with Gasteiger partial charge in [-0.1, -0.05) is 64.5 Å². The van der Waals surface area contributed by atoms with E-state index in [-0.39, 0.29) is 0 Å². The quantitative estimate of drug-likeness (QED) is 0.365. The number of ether oxygens (including phenoxy) is 1. The molecule has 0 saturated heterocycles. The van der Waals surface area contributed by atoms with Crippen molar-refractivity contribution in [3.63, 3.8) is 0 Å². The number of benzene rings is 3. The summed E-state index contributed by atoms with van der Waals surface area (Å²) in [5.41, 5.74) is 2.16. The minimum atomic E-state index is 0.550. The van der Waals surface area contributed by atoms with Crippen molar-refractivity contribution in [1.82, 2.24) is 0 Å². The van der Waals surface area contributed by atoms with Gasteiger partial charge in [0, 0.05) is 20.6 Å². The van der Waals surface area contributed by atoms with Gasteiger partial charge in [-0.15, -0.1) is 11.3 Å². The molecule has 0 aliphatic carbocycles. The van der Waals surface area contributed by atoms with Gasteiger partial charge in [0.05, 0.1) is 5.69 Å². The minimum absolute atomic E-state index is 0.550. The molecule has 1 aromatic heterocycles. The Bertz CT molecular complexity index is 980. The predicted molar refractivity (Wildman–Crippen MR) is 114 cm³/mol. The highest BCUT2D eigenvalue weighted by Crippen LogP contribution is 2.31. The molecule has 0 fully saturated rings. The fraction of sp³-hybridized carbons (Fsp3) is 0.0909. The van der Waals surface area contributed by atoms with Gasteiger partial charge in [-0.2, -0.15) is 0 Å². The Labute approximate surface area is 165 Å². The molecule has 0 atom stereocenters. The summed E-state index contributed by atoms with van der Waals surface area (Å²) in [6.45, 7) is 1.33. The van der Waals surface area contributed by atoms with Gasteiger partial charge in [0.15, 0.2) is 0 Å². The van der Waals surface area contributed by atoms with Crippen LogP contribution in [0.25, 0.3) is 10.1 Å². The summed E-state index contributed by atoms with van der Waals surface area (Å²) >= 11 is 5.36. The van der Waals surface area contributed by atoms with Crippen LogP contribution in [0.2, 0.25) is 0 Å². The number of fused-ring (bicyclic) bond motifs is 1. The lowest BCUT2D eigenvalue weighted by molar-refractivity contribution is 0.307. The largest absolute Gasteiger partial charge is 0.487 e. The number of thiophene rings is 1. The standard InChI is InChI=1S/C22H18BrNOS/c23-18-10-11-20(21(13-18)25-15-16-6-2-1-3-7-16)24-14-19-12-17-8-4-5-9-22(17)26-19/h1-13,24H,14-15H2. The van der Waals surface area contributed by atoms with E-state index in [2.05, 4.69) is 69.8 Å². The first kappa shape index (κ1) is 17.1. The molecule has 1 N–H and O–H groups in total. The van der Waals surface area contributed by atoms with E-state index < -0.39 is 0 Å². The van der Waals surface area contributed by atoms with Crippen LogP contribution < -0.4 is 10.1 Å². The SMILES string of the molecule is Brc1ccc(NCc2cc3ccccc3s2)c(OCc2ccccc2)c1. The van der Waals surface area contributed by atoms with E-state index in [9.17, 15) is 0 Å². The second kappa shape index (κ2) is 7.94. The van der Waals surface area contributed by atoms with Crippen LogP contribution in [-0.4, -0.2) is 0 Å². The summed E-state index contributed by atoms with van der Waals surface area (Å²) in [4.78, 5) is 1.31. The second-order valence-corrected chi connectivity index (χ2v) is 8.10. The number of hydrogen-bond acceptors (Lipinski definition) is 3. The van der Waals surface area contributed by atoms with Gasteiger partial charge in [0.2, 0.25) is 0 Å². The highest BCUT2D eigenvalue weighted by molar-refractivity contribution is 9.10. The molecule has 26 heavy (non-hydrogen) atoms. The van der Waals surface area contributed by atoms with E-state index in [0.717, 1.165) is 28.0 Å². The Kier molecular flexibility index (Phi) is 5.23. The van der Waals surface area contributed by atoms with Crippen LogP contribution >= 0.6 is 27.3 Å². The van der Waals surface area contributed by atoms with Crippen LogP contribution in [0.5, 0.6) is 5.75 Å². The van der Waals surface area contributed by atoms with Gasteiger partial charge < -0.3 is 10.1 Å². The summed E-state index contributed by atoms with van der Waals surface area (Å²) in [7, 11) is 0. The van der Waals surface area contributed by atoms with Crippen molar-refractivity contribution in [3.8, 4) is 5.75 Å². The molecule has 0 amide bonds. The molecule has 0 aliphatic heterocycles. The van der Waals surface area contributed by atoms with Crippen LogP contribution in [0.1, 0.15) is 10.4 Å². The van der Waals surface area contributed by atoms with Crippen LogP contribution in [0.15, 0.2) is 83.3 Å². The third-order valence-corrected chi connectivity index (χ3v) is 5.72. The molecule has 0 aliphatic rings. The number of hydrogen-bond donors (Lipinski definition) is 1. The molecular weight excluding hydrogens is 406 g/mol. The Morgan fingerprint density at radius 2 is 1.69 bits per heavy atom.